The summed E-state index contributed by atoms with van der Waals surface area (Å²) in [6.07, 6.45) is 8.21. The summed E-state index contributed by atoms with van der Waals surface area (Å²) in [6, 6.07) is 5.46. The van der Waals surface area contributed by atoms with Gasteiger partial charge in [-0.15, -0.1) is 0 Å². The second-order valence-corrected chi connectivity index (χ2v) is 9.31. The lowest BCUT2D eigenvalue weighted by atomic mass is 10.0. The molecule has 1 aromatic carbocycles. The van der Waals surface area contributed by atoms with Crippen LogP contribution in [-0.2, 0) is 13.6 Å². The third-order valence-electron chi connectivity index (χ3n) is 5.29. The summed E-state index contributed by atoms with van der Waals surface area (Å²) in [7, 11) is -3.85. The maximum Gasteiger partial charge on any atom is 0.530 e. The Bertz CT molecular complexity index is 628. The molecule has 0 aliphatic heterocycles. The Balaban J connectivity index is 2.87. The van der Waals surface area contributed by atoms with E-state index in [-0.39, 0.29) is 23.3 Å². The van der Waals surface area contributed by atoms with Crippen LogP contribution in [0.1, 0.15) is 79.1 Å². The molecule has 8 heteroatoms. The molecule has 2 unspecified atom stereocenters. The fourth-order valence-corrected chi connectivity index (χ4v) is 4.38. The van der Waals surface area contributed by atoms with Crippen LogP contribution in [0.15, 0.2) is 24.3 Å². The SMILES string of the molecule is CCCCC(CC)COP(=O)(OCC(CC)CCCC)Oc1ccc([N+](=O)[O-])cc1. The van der Waals surface area contributed by atoms with Crippen molar-refractivity contribution in [2.24, 2.45) is 11.8 Å². The van der Waals surface area contributed by atoms with Crippen molar-refractivity contribution in [3.05, 3.63) is 34.4 Å². The zero-order valence-corrected chi connectivity index (χ0v) is 19.8. The molecule has 172 valence electrons. The van der Waals surface area contributed by atoms with Crippen molar-refractivity contribution in [1.29, 1.82) is 0 Å². The van der Waals surface area contributed by atoms with Gasteiger partial charge < -0.3 is 4.52 Å². The molecule has 0 aromatic heterocycles. The van der Waals surface area contributed by atoms with E-state index in [1.54, 1.807) is 0 Å². The maximum absolute atomic E-state index is 13.4. The third-order valence-corrected chi connectivity index (χ3v) is 6.65. The topological polar surface area (TPSA) is 87.9 Å². The second kappa shape index (κ2) is 14.6. The van der Waals surface area contributed by atoms with E-state index in [2.05, 4.69) is 27.7 Å². The maximum atomic E-state index is 13.4. The number of nitrogens with zero attached hydrogens (tertiary/aromatic N) is 1. The lowest BCUT2D eigenvalue weighted by Gasteiger charge is -2.23. The minimum atomic E-state index is -3.85. The zero-order valence-electron chi connectivity index (χ0n) is 18.9. The van der Waals surface area contributed by atoms with Gasteiger partial charge in [-0.05, 0) is 36.8 Å². The lowest BCUT2D eigenvalue weighted by Crippen LogP contribution is -2.14. The molecule has 0 aliphatic carbocycles. The lowest BCUT2D eigenvalue weighted by molar-refractivity contribution is -0.384. The molecule has 0 spiro atoms. The quantitative estimate of drug-likeness (QED) is 0.140. The van der Waals surface area contributed by atoms with Gasteiger partial charge in [-0.25, -0.2) is 4.57 Å². The average Bonchev–Trinajstić information content (AvgIpc) is 2.74. The molecular formula is C22H38NO6P. The van der Waals surface area contributed by atoms with Crippen LogP contribution in [0.25, 0.3) is 0 Å². The number of unbranched alkanes of at least 4 members (excludes halogenated alkanes) is 2. The minimum absolute atomic E-state index is 0.0600. The van der Waals surface area contributed by atoms with Gasteiger partial charge in [0.2, 0.25) is 0 Å². The molecule has 0 saturated heterocycles. The van der Waals surface area contributed by atoms with E-state index in [4.69, 9.17) is 13.6 Å². The van der Waals surface area contributed by atoms with Crippen molar-refractivity contribution in [3.8, 4) is 5.75 Å². The largest absolute Gasteiger partial charge is 0.530 e. The van der Waals surface area contributed by atoms with Crippen LogP contribution < -0.4 is 4.52 Å². The van der Waals surface area contributed by atoms with E-state index >= 15 is 0 Å². The Morgan fingerprint density at radius 3 is 1.73 bits per heavy atom. The molecule has 0 heterocycles. The summed E-state index contributed by atoms with van der Waals surface area (Å²) in [6.45, 7) is 9.05. The van der Waals surface area contributed by atoms with Crippen molar-refractivity contribution >= 4 is 13.5 Å². The molecule has 0 fully saturated rings. The number of phosphoric ester groups is 1. The number of nitro benzene ring substituents is 1. The molecule has 0 N–H and O–H groups in total. The highest BCUT2D eigenvalue weighted by Crippen LogP contribution is 2.50. The summed E-state index contributed by atoms with van der Waals surface area (Å²) >= 11 is 0. The highest BCUT2D eigenvalue weighted by atomic mass is 31.2. The van der Waals surface area contributed by atoms with Gasteiger partial charge in [0.05, 0.1) is 18.1 Å². The number of benzene rings is 1. The van der Waals surface area contributed by atoms with Gasteiger partial charge in [-0.3, -0.25) is 19.2 Å². The number of hydrogen-bond donors (Lipinski definition) is 0. The Morgan fingerprint density at radius 2 is 1.37 bits per heavy atom. The average molecular weight is 444 g/mol. The van der Waals surface area contributed by atoms with Crippen LogP contribution in [0.3, 0.4) is 0 Å². The first-order valence-corrected chi connectivity index (χ1v) is 12.7. The highest BCUT2D eigenvalue weighted by molar-refractivity contribution is 7.48. The van der Waals surface area contributed by atoms with Gasteiger partial charge in [-0.1, -0.05) is 66.2 Å². The van der Waals surface area contributed by atoms with Crippen molar-refractivity contribution in [2.45, 2.75) is 79.1 Å². The number of rotatable bonds is 17. The number of nitro groups is 1. The van der Waals surface area contributed by atoms with Crippen molar-refractivity contribution in [2.75, 3.05) is 13.2 Å². The van der Waals surface area contributed by atoms with Crippen LogP contribution in [-0.4, -0.2) is 18.1 Å². The van der Waals surface area contributed by atoms with Crippen LogP contribution in [0.4, 0.5) is 5.69 Å². The van der Waals surface area contributed by atoms with Crippen LogP contribution in [0, 0.1) is 22.0 Å². The summed E-state index contributed by atoms with van der Waals surface area (Å²) in [5.41, 5.74) is -0.0600. The summed E-state index contributed by atoms with van der Waals surface area (Å²) < 4.78 is 30.5. The van der Waals surface area contributed by atoms with E-state index in [0.29, 0.717) is 13.2 Å². The number of phosphoric acid groups is 1. The number of non-ortho nitro benzene ring substituents is 1. The monoisotopic (exact) mass is 443 g/mol. The van der Waals surface area contributed by atoms with Crippen molar-refractivity contribution < 1.29 is 23.1 Å². The second-order valence-electron chi connectivity index (χ2n) is 7.71. The predicted octanol–water partition coefficient (Wildman–Crippen LogP) is 7.55. The standard InChI is InChI=1S/C22H38NO6P/c1-5-9-11-19(7-3)17-27-30(26,28-18-20(8-4)12-10-6-2)29-22-15-13-21(14-16-22)23(24)25/h13-16,19-20H,5-12,17-18H2,1-4H3. The van der Waals surface area contributed by atoms with Gasteiger partial charge in [-0.2, -0.15) is 0 Å². The van der Waals surface area contributed by atoms with Gasteiger partial charge in [0, 0.05) is 12.1 Å². The van der Waals surface area contributed by atoms with E-state index < -0.39 is 12.7 Å². The Kier molecular flexibility index (Phi) is 12.9. The molecule has 0 aliphatic rings. The Labute approximate surface area is 181 Å². The first-order valence-electron chi connectivity index (χ1n) is 11.2. The fourth-order valence-electron chi connectivity index (χ4n) is 3.04. The summed E-state index contributed by atoms with van der Waals surface area (Å²) in [5, 5.41) is 10.9. The molecule has 30 heavy (non-hydrogen) atoms. The first-order chi connectivity index (χ1) is 14.4. The molecule has 0 amide bonds. The summed E-state index contributed by atoms with van der Waals surface area (Å²) in [4.78, 5) is 10.4. The van der Waals surface area contributed by atoms with E-state index in [0.717, 1.165) is 51.4 Å². The molecule has 7 nitrogen and oxygen atoms in total. The first kappa shape index (κ1) is 26.6. The highest BCUT2D eigenvalue weighted by Gasteiger charge is 2.31. The van der Waals surface area contributed by atoms with Crippen molar-refractivity contribution in [3.63, 3.8) is 0 Å². The van der Waals surface area contributed by atoms with Gasteiger partial charge in [0.1, 0.15) is 5.75 Å². The van der Waals surface area contributed by atoms with E-state index in [9.17, 15) is 14.7 Å². The van der Waals surface area contributed by atoms with Gasteiger partial charge >= 0.3 is 7.82 Å². The molecule has 2 atom stereocenters. The molecular weight excluding hydrogens is 405 g/mol. The van der Waals surface area contributed by atoms with Crippen LogP contribution in [0.2, 0.25) is 0 Å². The smallest absolute Gasteiger partial charge is 0.404 e. The molecule has 1 aromatic rings. The predicted molar refractivity (Wildman–Crippen MR) is 120 cm³/mol. The Hall–Kier alpha value is -1.43. The molecule has 0 radical (unpaired) electrons. The summed E-state index contributed by atoms with van der Waals surface area (Å²) in [5.74, 6) is 0.793. The third kappa shape index (κ3) is 10.1. The minimum Gasteiger partial charge on any atom is -0.404 e. The normalized spacial score (nSPS) is 15.3. The number of hydrogen-bond acceptors (Lipinski definition) is 6. The van der Waals surface area contributed by atoms with E-state index in [1.807, 2.05) is 0 Å². The van der Waals surface area contributed by atoms with Gasteiger partial charge in [0.25, 0.3) is 5.69 Å². The fraction of sp³-hybridized carbons (Fsp3) is 0.727. The molecule has 0 bridgehead atoms. The zero-order chi connectivity index (χ0) is 22.4. The molecule has 0 saturated carbocycles. The molecule has 1 rings (SSSR count). The van der Waals surface area contributed by atoms with Gasteiger partial charge in [0.15, 0.2) is 0 Å². The van der Waals surface area contributed by atoms with E-state index in [1.165, 1.54) is 24.3 Å². The van der Waals surface area contributed by atoms with Crippen LogP contribution >= 0.6 is 7.82 Å². The Morgan fingerprint density at radius 1 is 0.900 bits per heavy atom. The van der Waals surface area contributed by atoms with Crippen molar-refractivity contribution in [1.82, 2.24) is 0 Å². The van der Waals surface area contributed by atoms with Crippen LogP contribution in [0.5, 0.6) is 5.75 Å².